The van der Waals surface area contributed by atoms with Crippen molar-refractivity contribution in [2.45, 2.75) is 19.5 Å². The molecule has 0 aliphatic heterocycles. The van der Waals surface area contributed by atoms with Crippen LogP contribution >= 0.6 is 0 Å². The van der Waals surface area contributed by atoms with Gasteiger partial charge in [-0.05, 0) is 6.07 Å². The van der Waals surface area contributed by atoms with Gasteiger partial charge in [-0.2, -0.15) is 0 Å². The molecule has 0 aliphatic rings. The van der Waals surface area contributed by atoms with Crippen molar-refractivity contribution < 1.29 is 23.4 Å². The quantitative estimate of drug-likeness (QED) is 0.734. The predicted octanol–water partition coefficient (Wildman–Crippen LogP) is 1.79. The van der Waals surface area contributed by atoms with Crippen LogP contribution < -0.4 is 5.32 Å². The van der Waals surface area contributed by atoms with Crippen molar-refractivity contribution in [3.8, 4) is 0 Å². The summed E-state index contributed by atoms with van der Waals surface area (Å²) in [4.78, 5) is 11.5. The maximum absolute atomic E-state index is 11.8. The number of carbonyl (C=O) groups excluding carboxylic acids is 1. The van der Waals surface area contributed by atoms with Gasteiger partial charge in [-0.15, -0.1) is 0 Å². The van der Waals surface area contributed by atoms with Gasteiger partial charge >= 0.3 is 0 Å². The van der Waals surface area contributed by atoms with Gasteiger partial charge in [0.2, 0.25) is 5.91 Å². The summed E-state index contributed by atoms with van der Waals surface area (Å²) in [5.74, 6) is -0.342. The maximum atomic E-state index is 11.8. The number of hydrogen-bond acceptors (Lipinski definition) is 3. The number of anilines is 1. The number of amides is 1. The van der Waals surface area contributed by atoms with Crippen LogP contribution in [0.3, 0.4) is 0 Å². The van der Waals surface area contributed by atoms with Crippen molar-refractivity contribution in [3.05, 3.63) is 29.8 Å². The van der Waals surface area contributed by atoms with E-state index in [0.717, 1.165) is 0 Å². The van der Waals surface area contributed by atoms with Crippen LogP contribution in [0.15, 0.2) is 24.3 Å². The molecule has 2 N–H and O–H groups in total. The molecule has 0 bridgehead atoms. The molecule has 1 amide bonds. The minimum absolute atomic E-state index is 0.00746. The van der Waals surface area contributed by atoms with Gasteiger partial charge in [0.1, 0.15) is 6.61 Å². The smallest absolute Gasteiger partial charge is 0.261 e. The van der Waals surface area contributed by atoms with Gasteiger partial charge in [0.05, 0.1) is 19.6 Å². The second-order valence-electron chi connectivity index (χ2n) is 3.58. The van der Waals surface area contributed by atoms with E-state index >= 15 is 0 Å². The molecule has 0 atom stereocenters. The summed E-state index contributed by atoms with van der Waals surface area (Å²) >= 11 is 0. The van der Waals surface area contributed by atoms with Crippen LogP contribution in [0.2, 0.25) is 0 Å². The molecular weight excluding hydrogens is 244 g/mol. The SMILES string of the molecule is O=C(CCOCC(F)F)Nc1ccccc1CO. The summed E-state index contributed by atoms with van der Waals surface area (Å²) in [7, 11) is 0. The number of nitrogens with one attached hydrogen (secondary N) is 1. The fourth-order valence-electron chi connectivity index (χ4n) is 1.33. The highest BCUT2D eigenvalue weighted by atomic mass is 19.3. The molecule has 0 saturated heterocycles. The molecule has 0 fully saturated rings. The summed E-state index contributed by atoms with van der Waals surface area (Å²) in [5, 5.41) is 11.6. The van der Waals surface area contributed by atoms with Crippen LogP contribution in [-0.4, -0.2) is 30.7 Å². The first-order chi connectivity index (χ1) is 8.63. The topological polar surface area (TPSA) is 58.6 Å². The number of ether oxygens (including phenoxy) is 1. The maximum Gasteiger partial charge on any atom is 0.261 e. The number of benzene rings is 1. The number of hydrogen-bond donors (Lipinski definition) is 2. The second-order valence-corrected chi connectivity index (χ2v) is 3.58. The van der Waals surface area contributed by atoms with Gasteiger partial charge in [-0.25, -0.2) is 8.78 Å². The molecule has 0 aliphatic carbocycles. The summed E-state index contributed by atoms with van der Waals surface area (Å²) in [6.07, 6.45) is -2.53. The molecule has 18 heavy (non-hydrogen) atoms. The van der Waals surface area contributed by atoms with Crippen molar-refractivity contribution in [2.75, 3.05) is 18.5 Å². The highest BCUT2D eigenvalue weighted by Gasteiger charge is 2.07. The molecule has 100 valence electrons. The summed E-state index contributed by atoms with van der Waals surface area (Å²) < 4.78 is 28.1. The third-order valence-corrected chi connectivity index (χ3v) is 2.18. The summed E-state index contributed by atoms with van der Waals surface area (Å²) in [6, 6.07) is 6.81. The Kier molecular flexibility index (Phi) is 6.24. The van der Waals surface area contributed by atoms with E-state index in [-0.39, 0.29) is 25.5 Å². The van der Waals surface area contributed by atoms with Crippen molar-refractivity contribution in [1.29, 1.82) is 0 Å². The minimum atomic E-state index is -2.52. The third kappa shape index (κ3) is 5.20. The van der Waals surface area contributed by atoms with E-state index in [0.29, 0.717) is 11.3 Å². The number of halogens is 2. The van der Waals surface area contributed by atoms with E-state index in [2.05, 4.69) is 10.1 Å². The minimum Gasteiger partial charge on any atom is -0.392 e. The van der Waals surface area contributed by atoms with E-state index in [4.69, 9.17) is 5.11 Å². The van der Waals surface area contributed by atoms with Gasteiger partial charge in [0.15, 0.2) is 0 Å². The molecular formula is C12H15F2NO3. The molecule has 6 heteroatoms. The summed E-state index contributed by atoms with van der Waals surface area (Å²) in [5.41, 5.74) is 1.11. The van der Waals surface area contributed by atoms with Crippen LogP contribution in [-0.2, 0) is 16.1 Å². The fourth-order valence-corrected chi connectivity index (χ4v) is 1.33. The molecule has 1 aromatic rings. The molecule has 4 nitrogen and oxygen atoms in total. The molecule has 0 radical (unpaired) electrons. The lowest BCUT2D eigenvalue weighted by Crippen LogP contribution is -2.16. The van der Waals surface area contributed by atoms with Gasteiger partial charge < -0.3 is 15.2 Å². The lowest BCUT2D eigenvalue weighted by Gasteiger charge is -2.09. The van der Waals surface area contributed by atoms with Crippen molar-refractivity contribution in [2.24, 2.45) is 0 Å². The monoisotopic (exact) mass is 259 g/mol. The zero-order valence-corrected chi connectivity index (χ0v) is 9.73. The van der Waals surface area contributed by atoms with E-state index in [9.17, 15) is 13.6 Å². The van der Waals surface area contributed by atoms with Crippen LogP contribution in [0, 0.1) is 0 Å². The molecule has 0 spiro atoms. The van der Waals surface area contributed by atoms with Crippen LogP contribution in [0.5, 0.6) is 0 Å². The normalized spacial score (nSPS) is 10.7. The van der Waals surface area contributed by atoms with Gasteiger partial charge in [-0.3, -0.25) is 4.79 Å². The number of carbonyl (C=O) groups is 1. The average Bonchev–Trinajstić information content (AvgIpc) is 2.35. The predicted molar refractivity (Wildman–Crippen MR) is 62.4 cm³/mol. The van der Waals surface area contributed by atoms with Crippen molar-refractivity contribution in [3.63, 3.8) is 0 Å². The zero-order valence-electron chi connectivity index (χ0n) is 9.73. The number of alkyl halides is 2. The second kappa shape index (κ2) is 7.73. The van der Waals surface area contributed by atoms with Gasteiger partial charge in [-0.1, -0.05) is 18.2 Å². The lowest BCUT2D eigenvalue weighted by atomic mass is 10.2. The van der Waals surface area contributed by atoms with E-state index in [1.807, 2.05) is 0 Å². The standard InChI is InChI=1S/C12H15F2NO3/c13-11(14)8-18-6-5-12(17)15-10-4-2-1-3-9(10)7-16/h1-4,11,16H,5-8H2,(H,15,17). The molecule has 1 aromatic carbocycles. The first-order valence-corrected chi connectivity index (χ1v) is 5.48. The summed E-state index contributed by atoms with van der Waals surface area (Å²) in [6.45, 7) is -0.906. The first kappa shape index (κ1) is 14.5. The third-order valence-electron chi connectivity index (χ3n) is 2.18. The molecule has 0 aromatic heterocycles. The van der Waals surface area contributed by atoms with E-state index < -0.39 is 13.0 Å². The molecule has 1 rings (SSSR count). The van der Waals surface area contributed by atoms with Crippen molar-refractivity contribution >= 4 is 11.6 Å². The van der Waals surface area contributed by atoms with Crippen LogP contribution in [0.25, 0.3) is 0 Å². The van der Waals surface area contributed by atoms with Crippen molar-refractivity contribution in [1.82, 2.24) is 0 Å². The van der Waals surface area contributed by atoms with Gasteiger partial charge in [0, 0.05) is 11.3 Å². The molecule has 0 heterocycles. The Bertz CT molecular complexity index is 385. The fraction of sp³-hybridized carbons (Fsp3) is 0.417. The molecule has 0 unspecified atom stereocenters. The highest BCUT2D eigenvalue weighted by molar-refractivity contribution is 5.91. The lowest BCUT2D eigenvalue weighted by molar-refractivity contribution is -0.117. The highest BCUT2D eigenvalue weighted by Crippen LogP contribution is 2.14. The van der Waals surface area contributed by atoms with Gasteiger partial charge in [0.25, 0.3) is 6.43 Å². The Hall–Kier alpha value is -1.53. The largest absolute Gasteiger partial charge is 0.392 e. The number of aliphatic hydroxyl groups excluding tert-OH is 1. The average molecular weight is 259 g/mol. The first-order valence-electron chi connectivity index (χ1n) is 5.48. The Morgan fingerprint density at radius 3 is 2.78 bits per heavy atom. The Balaban J connectivity index is 2.35. The van der Waals surface area contributed by atoms with E-state index in [1.54, 1.807) is 24.3 Å². The zero-order chi connectivity index (χ0) is 13.4. The van der Waals surface area contributed by atoms with Crippen LogP contribution in [0.4, 0.5) is 14.5 Å². The number of rotatable bonds is 7. The Morgan fingerprint density at radius 1 is 1.39 bits per heavy atom. The Morgan fingerprint density at radius 2 is 2.11 bits per heavy atom. The molecule has 0 saturated carbocycles. The van der Waals surface area contributed by atoms with Crippen LogP contribution in [0.1, 0.15) is 12.0 Å². The number of aliphatic hydroxyl groups is 1. The van der Waals surface area contributed by atoms with E-state index in [1.165, 1.54) is 0 Å². The number of para-hydroxylation sites is 1. The Labute approximate surface area is 104 Å².